The minimum absolute atomic E-state index is 0.00297. The summed E-state index contributed by atoms with van der Waals surface area (Å²) in [4.78, 5) is 24.3. The molecule has 4 rings (SSSR count). The van der Waals surface area contributed by atoms with E-state index in [2.05, 4.69) is 64.4 Å². The van der Waals surface area contributed by atoms with Crippen molar-refractivity contribution in [2.75, 3.05) is 7.11 Å². The minimum Gasteiger partial charge on any atom is -0.493 e. The monoisotopic (exact) mass is 558 g/mol. The predicted molar refractivity (Wildman–Crippen MR) is 136 cm³/mol. The summed E-state index contributed by atoms with van der Waals surface area (Å²) in [6.45, 7) is 2.44. The van der Waals surface area contributed by atoms with Gasteiger partial charge in [-0.05, 0) is 81.8 Å². The molecule has 3 aromatic rings. The molecular weight excluding hydrogens is 539 g/mol. The maximum absolute atomic E-state index is 12.1. The summed E-state index contributed by atoms with van der Waals surface area (Å²) in [5.41, 5.74) is 2.86. The van der Waals surface area contributed by atoms with Gasteiger partial charge in [-0.15, -0.1) is 0 Å². The van der Waals surface area contributed by atoms with Gasteiger partial charge in [0.25, 0.3) is 11.8 Å². The minimum atomic E-state index is -0.542. The molecule has 0 radical (unpaired) electrons. The molecule has 8 heteroatoms. The number of methoxy groups -OCH3 is 1. The van der Waals surface area contributed by atoms with Crippen LogP contribution in [-0.2, 0) is 16.2 Å². The standard InChI is InChI=1S/C24H19IN2O4S/c1-13-7-8-15-5-3-4-6-16(15)18(13)12-31-21-19(25)10-14(11-20(21)30-2)9-17-22(28)26-24(32)27-23(17)29/h3-11H,12H2,1-2H3,(H2,26,27,28,29,32). The Bertz CT molecular complexity index is 1280. The Morgan fingerprint density at radius 3 is 2.50 bits per heavy atom. The van der Waals surface area contributed by atoms with Gasteiger partial charge in [-0.2, -0.15) is 0 Å². The zero-order valence-corrected chi connectivity index (χ0v) is 20.3. The van der Waals surface area contributed by atoms with Crippen molar-refractivity contribution in [2.24, 2.45) is 0 Å². The quantitative estimate of drug-likeness (QED) is 0.212. The molecule has 0 aromatic heterocycles. The number of halogens is 1. The molecule has 6 nitrogen and oxygen atoms in total. The molecule has 3 aromatic carbocycles. The lowest BCUT2D eigenvalue weighted by molar-refractivity contribution is -0.123. The van der Waals surface area contributed by atoms with Crippen LogP contribution >= 0.6 is 34.8 Å². The largest absolute Gasteiger partial charge is 0.493 e. The molecule has 1 saturated heterocycles. The molecule has 2 N–H and O–H groups in total. The third-order valence-electron chi connectivity index (χ3n) is 5.14. The van der Waals surface area contributed by atoms with Crippen molar-refractivity contribution >= 4 is 68.6 Å². The molecule has 1 heterocycles. The van der Waals surface area contributed by atoms with E-state index >= 15 is 0 Å². The molecular formula is C24H19IN2O4S. The number of benzene rings is 3. The number of thiocarbonyl (C=S) groups is 1. The van der Waals surface area contributed by atoms with Crippen LogP contribution in [0.25, 0.3) is 16.8 Å². The smallest absolute Gasteiger partial charge is 0.263 e. The van der Waals surface area contributed by atoms with E-state index in [4.69, 9.17) is 21.7 Å². The van der Waals surface area contributed by atoms with Crippen LogP contribution in [0.3, 0.4) is 0 Å². The number of hydrogen-bond donors (Lipinski definition) is 2. The molecule has 1 fully saturated rings. The molecule has 162 valence electrons. The first-order valence-corrected chi connectivity index (χ1v) is 11.2. The van der Waals surface area contributed by atoms with E-state index in [0.717, 1.165) is 25.5 Å². The van der Waals surface area contributed by atoms with Gasteiger partial charge < -0.3 is 9.47 Å². The summed E-state index contributed by atoms with van der Waals surface area (Å²) >= 11 is 6.99. The Morgan fingerprint density at radius 2 is 1.78 bits per heavy atom. The van der Waals surface area contributed by atoms with E-state index in [1.165, 1.54) is 6.08 Å². The molecule has 0 bridgehead atoms. The van der Waals surface area contributed by atoms with Crippen LogP contribution < -0.4 is 20.1 Å². The Hall–Kier alpha value is -2.98. The number of amides is 2. The lowest BCUT2D eigenvalue weighted by atomic mass is 10.0. The van der Waals surface area contributed by atoms with Crippen LogP contribution in [0.2, 0.25) is 0 Å². The topological polar surface area (TPSA) is 76.7 Å². The van der Waals surface area contributed by atoms with E-state index in [1.807, 2.05) is 18.2 Å². The summed E-state index contributed by atoms with van der Waals surface area (Å²) in [6.07, 6.45) is 1.50. The zero-order valence-electron chi connectivity index (χ0n) is 17.3. The van der Waals surface area contributed by atoms with Gasteiger partial charge in [-0.25, -0.2) is 0 Å². The molecule has 0 saturated carbocycles. The summed E-state index contributed by atoms with van der Waals surface area (Å²) < 4.78 is 12.5. The predicted octanol–water partition coefficient (Wildman–Crippen LogP) is 4.25. The summed E-state index contributed by atoms with van der Waals surface area (Å²) in [5.74, 6) is 0.0223. The average molecular weight is 558 g/mol. The van der Waals surface area contributed by atoms with Gasteiger partial charge in [0, 0.05) is 5.56 Å². The second-order valence-electron chi connectivity index (χ2n) is 7.20. The van der Waals surface area contributed by atoms with Crippen molar-refractivity contribution in [1.82, 2.24) is 10.6 Å². The molecule has 0 unspecified atom stereocenters. The van der Waals surface area contributed by atoms with Crippen molar-refractivity contribution in [3.63, 3.8) is 0 Å². The fourth-order valence-corrected chi connectivity index (χ4v) is 4.48. The first kappa shape index (κ1) is 22.2. The van der Waals surface area contributed by atoms with Crippen LogP contribution in [-0.4, -0.2) is 24.0 Å². The molecule has 0 aliphatic carbocycles. The van der Waals surface area contributed by atoms with Crippen molar-refractivity contribution < 1.29 is 19.1 Å². The van der Waals surface area contributed by atoms with Crippen molar-refractivity contribution in [3.8, 4) is 11.5 Å². The van der Waals surface area contributed by atoms with Gasteiger partial charge in [0.2, 0.25) is 0 Å². The number of hydrogen-bond acceptors (Lipinski definition) is 5. The fraction of sp³-hybridized carbons (Fsp3) is 0.125. The maximum atomic E-state index is 12.1. The molecule has 2 amide bonds. The van der Waals surface area contributed by atoms with E-state index in [0.29, 0.717) is 23.7 Å². The Balaban J connectivity index is 1.65. The van der Waals surface area contributed by atoms with E-state index in [-0.39, 0.29) is 10.7 Å². The van der Waals surface area contributed by atoms with Gasteiger partial charge >= 0.3 is 0 Å². The molecule has 1 aliphatic rings. The van der Waals surface area contributed by atoms with Crippen molar-refractivity contribution in [1.29, 1.82) is 0 Å². The number of aryl methyl sites for hydroxylation is 1. The van der Waals surface area contributed by atoms with Crippen LogP contribution in [0.4, 0.5) is 0 Å². The summed E-state index contributed by atoms with van der Waals surface area (Å²) in [6, 6.07) is 15.9. The highest BCUT2D eigenvalue weighted by Gasteiger charge is 2.26. The normalized spacial score (nSPS) is 13.6. The fourth-order valence-electron chi connectivity index (χ4n) is 3.52. The number of carbonyl (C=O) groups excluding carboxylic acids is 2. The van der Waals surface area contributed by atoms with E-state index in [9.17, 15) is 9.59 Å². The van der Waals surface area contributed by atoms with Crippen molar-refractivity contribution in [3.05, 3.63) is 74.4 Å². The number of rotatable bonds is 5. The second kappa shape index (κ2) is 9.25. The third-order valence-corrected chi connectivity index (χ3v) is 6.15. The summed E-state index contributed by atoms with van der Waals surface area (Å²) in [7, 11) is 1.55. The molecule has 0 spiro atoms. The SMILES string of the molecule is COc1cc(C=C2C(=O)NC(=S)NC2=O)cc(I)c1OCc1c(C)ccc2ccccc12. The van der Waals surface area contributed by atoms with Crippen LogP contribution in [0.15, 0.2) is 54.1 Å². The van der Waals surface area contributed by atoms with Gasteiger partial charge in [0.05, 0.1) is 10.7 Å². The van der Waals surface area contributed by atoms with Crippen molar-refractivity contribution in [2.45, 2.75) is 13.5 Å². The lowest BCUT2D eigenvalue weighted by Gasteiger charge is -2.18. The highest BCUT2D eigenvalue weighted by molar-refractivity contribution is 14.1. The van der Waals surface area contributed by atoms with Crippen LogP contribution in [0.5, 0.6) is 11.5 Å². The van der Waals surface area contributed by atoms with E-state index in [1.54, 1.807) is 13.2 Å². The first-order chi connectivity index (χ1) is 15.4. The van der Waals surface area contributed by atoms with Gasteiger partial charge in [0.1, 0.15) is 12.2 Å². The number of ether oxygens (including phenoxy) is 2. The maximum Gasteiger partial charge on any atom is 0.263 e. The number of carbonyl (C=O) groups is 2. The Labute approximate surface area is 204 Å². The van der Waals surface area contributed by atoms with Crippen LogP contribution in [0.1, 0.15) is 16.7 Å². The summed E-state index contributed by atoms with van der Waals surface area (Å²) in [5, 5.41) is 7.16. The van der Waals surface area contributed by atoms with Crippen LogP contribution in [0, 0.1) is 10.5 Å². The highest BCUT2D eigenvalue weighted by atomic mass is 127. The molecule has 32 heavy (non-hydrogen) atoms. The number of fused-ring (bicyclic) bond motifs is 1. The van der Waals surface area contributed by atoms with Gasteiger partial charge in [-0.3, -0.25) is 20.2 Å². The molecule has 0 atom stereocenters. The Morgan fingerprint density at radius 1 is 1.06 bits per heavy atom. The Kier molecular flexibility index (Phi) is 6.43. The molecule has 1 aliphatic heterocycles. The van der Waals surface area contributed by atoms with Gasteiger partial charge in [-0.1, -0.05) is 36.4 Å². The highest BCUT2D eigenvalue weighted by Crippen LogP contribution is 2.36. The average Bonchev–Trinajstić information content (AvgIpc) is 2.76. The number of nitrogens with one attached hydrogen (secondary N) is 2. The zero-order chi connectivity index (χ0) is 22.8. The second-order valence-corrected chi connectivity index (χ2v) is 8.77. The lowest BCUT2D eigenvalue weighted by Crippen LogP contribution is -2.51. The third kappa shape index (κ3) is 4.46. The van der Waals surface area contributed by atoms with E-state index < -0.39 is 11.8 Å². The van der Waals surface area contributed by atoms with Gasteiger partial charge in [0.15, 0.2) is 16.6 Å². The first-order valence-electron chi connectivity index (χ1n) is 9.73.